The minimum absolute atomic E-state index is 0.152. The van der Waals surface area contributed by atoms with Crippen LogP contribution in [0, 0.1) is 27.7 Å². The molecular weight excluding hydrogens is 781 g/mol. The highest BCUT2D eigenvalue weighted by atomic mass is 16.5. The molecule has 8 aromatic rings. The van der Waals surface area contributed by atoms with Gasteiger partial charge in [0.15, 0.2) is 0 Å². The van der Waals surface area contributed by atoms with Crippen LogP contribution in [-0.2, 0) is 0 Å². The van der Waals surface area contributed by atoms with Gasteiger partial charge in [0, 0.05) is 33.9 Å². The molecule has 0 spiro atoms. The predicted molar refractivity (Wildman–Crippen MR) is 272 cm³/mol. The highest BCUT2D eigenvalue weighted by Crippen LogP contribution is 2.54. The topological polar surface area (TPSA) is 24.9 Å². The molecule has 0 aliphatic carbocycles. The number of anilines is 6. The van der Waals surface area contributed by atoms with Gasteiger partial charge in [-0.25, -0.2) is 0 Å². The summed E-state index contributed by atoms with van der Waals surface area (Å²) in [5.41, 5.74) is 20.1. The Morgan fingerprint density at radius 3 is 0.922 bits per heavy atom. The van der Waals surface area contributed by atoms with Crippen molar-refractivity contribution in [2.45, 2.75) is 67.2 Å². The summed E-state index contributed by atoms with van der Waals surface area (Å²) in [6, 6.07) is 61.4. The Morgan fingerprint density at radius 2 is 0.641 bits per heavy atom. The second-order valence-electron chi connectivity index (χ2n) is 17.5. The lowest BCUT2D eigenvalue weighted by Crippen LogP contribution is -2.16. The van der Waals surface area contributed by atoms with Crippen LogP contribution in [-0.4, -0.2) is 14.2 Å². The Labute approximate surface area is 381 Å². The molecule has 4 nitrogen and oxygen atoms in total. The van der Waals surface area contributed by atoms with E-state index in [1.807, 2.05) is 14.2 Å². The Hall–Kier alpha value is -7.04. The first-order chi connectivity index (χ1) is 31.0. The molecule has 0 bridgehead atoms. The first-order valence-electron chi connectivity index (χ1n) is 22.5. The van der Waals surface area contributed by atoms with E-state index in [2.05, 4.69) is 235 Å². The van der Waals surface area contributed by atoms with Crippen molar-refractivity contribution in [3.05, 3.63) is 203 Å². The maximum Gasteiger partial charge on any atom is 0.130 e. The number of hydrogen-bond donors (Lipinski definition) is 0. The Morgan fingerprint density at radius 1 is 0.359 bits per heavy atom. The smallest absolute Gasteiger partial charge is 0.130 e. The molecule has 4 heteroatoms. The number of nitrogens with zero attached hydrogens (tertiary/aromatic N) is 2. The fourth-order valence-corrected chi connectivity index (χ4v) is 9.00. The van der Waals surface area contributed by atoms with Crippen molar-refractivity contribution in [3.63, 3.8) is 0 Å². The average molecular weight is 841 g/mol. The summed E-state index contributed by atoms with van der Waals surface area (Å²) in [4.78, 5) is 4.81. The van der Waals surface area contributed by atoms with E-state index >= 15 is 0 Å². The molecule has 0 fully saturated rings. The van der Waals surface area contributed by atoms with Gasteiger partial charge in [-0.1, -0.05) is 148 Å². The molecule has 0 aliphatic rings. The zero-order chi connectivity index (χ0) is 45.1. The van der Waals surface area contributed by atoms with E-state index in [0.717, 1.165) is 79.0 Å². The van der Waals surface area contributed by atoms with Crippen molar-refractivity contribution < 1.29 is 9.47 Å². The monoisotopic (exact) mass is 840 g/mol. The van der Waals surface area contributed by atoms with Gasteiger partial charge in [-0.05, 0) is 145 Å². The van der Waals surface area contributed by atoms with Crippen LogP contribution in [0.3, 0.4) is 0 Å². The van der Waals surface area contributed by atoms with Gasteiger partial charge >= 0.3 is 0 Å². The van der Waals surface area contributed by atoms with E-state index in [0.29, 0.717) is 0 Å². The normalized spacial score (nSPS) is 11.2. The number of ether oxygens (including phenoxy) is 2. The van der Waals surface area contributed by atoms with Crippen LogP contribution in [0.25, 0.3) is 33.4 Å². The molecule has 322 valence electrons. The molecule has 0 radical (unpaired) electrons. The summed E-state index contributed by atoms with van der Waals surface area (Å²) < 4.78 is 13.2. The zero-order valence-corrected chi connectivity index (χ0v) is 39.0. The lowest BCUT2D eigenvalue weighted by atomic mass is 9.84. The molecule has 0 aliphatic heterocycles. The zero-order valence-electron chi connectivity index (χ0n) is 39.0. The molecule has 0 aromatic heterocycles. The molecule has 0 heterocycles. The molecule has 0 atom stereocenters. The molecular formula is C60H60N2O2. The molecule has 0 unspecified atom stereocenters. The van der Waals surface area contributed by atoms with E-state index in [1.54, 1.807) is 0 Å². The van der Waals surface area contributed by atoms with E-state index in [4.69, 9.17) is 9.47 Å². The summed E-state index contributed by atoms with van der Waals surface area (Å²) in [6.07, 6.45) is 0. The predicted octanol–water partition coefficient (Wildman–Crippen LogP) is 17.1. The van der Waals surface area contributed by atoms with Crippen LogP contribution >= 0.6 is 0 Å². The highest BCUT2D eigenvalue weighted by molar-refractivity contribution is 5.95. The van der Waals surface area contributed by atoms with E-state index in [1.165, 1.54) is 33.4 Å². The summed E-state index contributed by atoms with van der Waals surface area (Å²) in [5.74, 6) is 2.03. The maximum absolute atomic E-state index is 6.60. The number of rotatable bonds is 13. The van der Waals surface area contributed by atoms with Crippen molar-refractivity contribution in [2.75, 3.05) is 24.0 Å². The van der Waals surface area contributed by atoms with Gasteiger partial charge in [0.2, 0.25) is 0 Å². The van der Waals surface area contributed by atoms with Gasteiger partial charge in [0.05, 0.1) is 25.6 Å². The van der Waals surface area contributed by atoms with Crippen molar-refractivity contribution in [1.82, 2.24) is 0 Å². The van der Waals surface area contributed by atoms with Crippen LogP contribution in [0.4, 0.5) is 34.1 Å². The van der Waals surface area contributed by atoms with Gasteiger partial charge in [-0.3, -0.25) is 0 Å². The van der Waals surface area contributed by atoms with E-state index < -0.39 is 0 Å². The lowest BCUT2D eigenvalue weighted by molar-refractivity contribution is 0.402. The number of hydrogen-bond acceptors (Lipinski definition) is 4. The molecule has 0 saturated heterocycles. The van der Waals surface area contributed by atoms with Crippen molar-refractivity contribution in [2.24, 2.45) is 0 Å². The number of methoxy groups -OCH3 is 2. The summed E-state index contributed by atoms with van der Waals surface area (Å²) in [7, 11) is 3.62. The van der Waals surface area contributed by atoms with Crippen LogP contribution in [0.15, 0.2) is 170 Å². The third-order valence-electron chi connectivity index (χ3n) is 12.5. The maximum atomic E-state index is 6.60. The SMILES string of the molecule is COc1c(C(C)C)cc(N(c2ccc(C)cc2)c2ccc(-c3ccccc3)cc2)c(C)c1-c1c(C)c(N(c2ccc(C)cc2)c2ccc(-c3ccccc3)cc2)cc(C(C)C)c1OC. The van der Waals surface area contributed by atoms with E-state index in [-0.39, 0.29) is 11.8 Å². The Bertz CT molecular complexity index is 2650. The minimum Gasteiger partial charge on any atom is -0.496 e. The fourth-order valence-electron chi connectivity index (χ4n) is 9.00. The highest BCUT2D eigenvalue weighted by Gasteiger charge is 2.31. The molecule has 0 amide bonds. The Kier molecular flexibility index (Phi) is 12.8. The Balaban J connectivity index is 1.41. The van der Waals surface area contributed by atoms with Crippen molar-refractivity contribution in [3.8, 4) is 44.9 Å². The number of aryl methyl sites for hydroxylation is 2. The average Bonchev–Trinajstić information content (AvgIpc) is 3.32. The second kappa shape index (κ2) is 18.7. The third kappa shape index (κ3) is 8.53. The summed E-state index contributed by atoms with van der Waals surface area (Å²) in [6.45, 7) is 17.8. The quantitative estimate of drug-likeness (QED) is 0.115. The number of benzene rings is 8. The lowest BCUT2D eigenvalue weighted by Gasteiger charge is -2.33. The first kappa shape index (κ1) is 43.6. The van der Waals surface area contributed by atoms with Gasteiger partial charge in [0.1, 0.15) is 11.5 Å². The van der Waals surface area contributed by atoms with Crippen molar-refractivity contribution in [1.29, 1.82) is 0 Å². The molecule has 0 N–H and O–H groups in total. The third-order valence-corrected chi connectivity index (χ3v) is 12.5. The van der Waals surface area contributed by atoms with Gasteiger partial charge < -0.3 is 19.3 Å². The molecule has 64 heavy (non-hydrogen) atoms. The standard InChI is InChI=1S/C60H60N2O2/c1-39(2)53-37-55(61(49-29-21-41(5)22-30-49)51-33-25-47(26-34-51)45-17-13-11-14-18-45)43(7)57(59(53)63-9)58-44(8)56(38-54(40(3)4)60(58)64-10)62(50-31-23-42(6)24-32-50)52-35-27-48(28-36-52)46-19-15-12-16-20-46/h11-40H,1-10H3. The fraction of sp³-hybridized carbons (Fsp3) is 0.200. The van der Waals surface area contributed by atoms with Crippen molar-refractivity contribution >= 4 is 34.1 Å². The summed E-state index contributed by atoms with van der Waals surface area (Å²) >= 11 is 0. The van der Waals surface area contributed by atoms with Gasteiger partial charge in [-0.2, -0.15) is 0 Å². The molecule has 8 rings (SSSR count). The van der Waals surface area contributed by atoms with Crippen LogP contribution in [0.1, 0.15) is 72.9 Å². The molecule has 8 aromatic carbocycles. The minimum atomic E-state index is 0.152. The van der Waals surface area contributed by atoms with Crippen LogP contribution < -0.4 is 19.3 Å². The van der Waals surface area contributed by atoms with Gasteiger partial charge in [0.25, 0.3) is 0 Å². The van der Waals surface area contributed by atoms with E-state index in [9.17, 15) is 0 Å². The molecule has 0 saturated carbocycles. The van der Waals surface area contributed by atoms with Gasteiger partial charge in [-0.15, -0.1) is 0 Å². The van der Waals surface area contributed by atoms with Crippen LogP contribution in [0.2, 0.25) is 0 Å². The largest absolute Gasteiger partial charge is 0.496 e. The summed E-state index contributed by atoms with van der Waals surface area (Å²) in [5, 5.41) is 0. The van der Waals surface area contributed by atoms with Crippen LogP contribution in [0.5, 0.6) is 11.5 Å². The first-order valence-corrected chi connectivity index (χ1v) is 22.5. The second-order valence-corrected chi connectivity index (χ2v) is 17.5.